The first-order valence-corrected chi connectivity index (χ1v) is 6.83. The van der Waals surface area contributed by atoms with Gasteiger partial charge in [-0.25, -0.2) is 4.39 Å². The molecule has 0 bridgehead atoms. The lowest BCUT2D eigenvalue weighted by atomic mass is 9.96. The number of aliphatic carboxylic acids is 1. The van der Waals surface area contributed by atoms with Crippen molar-refractivity contribution in [1.29, 1.82) is 0 Å². The highest BCUT2D eigenvalue weighted by molar-refractivity contribution is 6.33. The van der Waals surface area contributed by atoms with Crippen molar-refractivity contribution in [3.8, 4) is 0 Å². The average molecular weight is 300 g/mol. The van der Waals surface area contributed by atoms with E-state index in [1.807, 2.05) is 0 Å². The SMILES string of the molecule is O=C(NCC1CCCC1C(=O)O)c1c(F)cccc1Cl. The summed E-state index contributed by atoms with van der Waals surface area (Å²) in [5, 5.41) is 11.7. The van der Waals surface area contributed by atoms with Crippen LogP contribution in [0.2, 0.25) is 5.02 Å². The number of nitrogens with one attached hydrogen (secondary N) is 1. The van der Waals surface area contributed by atoms with E-state index >= 15 is 0 Å². The van der Waals surface area contributed by atoms with Crippen LogP contribution in [0.4, 0.5) is 4.39 Å². The van der Waals surface area contributed by atoms with Gasteiger partial charge in [-0.1, -0.05) is 24.1 Å². The van der Waals surface area contributed by atoms with Gasteiger partial charge in [0, 0.05) is 6.54 Å². The molecule has 1 amide bonds. The zero-order chi connectivity index (χ0) is 14.7. The van der Waals surface area contributed by atoms with Crippen molar-refractivity contribution in [2.24, 2.45) is 11.8 Å². The Balaban J connectivity index is 2.01. The van der Waals surface area contributed by atoms with Crippen LogP contribution in [-0.4, -0.2) is 23.5 Å². The predicted molar refractivity (Wildman–Crippen MR) is 72.2 cm³/mol. The predicted octanol–water partition coefficient (Wildman–Crippen LogP) is 2.71. The number of amides is 1. The first kappa shape index (κ1) is 14.8. The zero-order valence-electron chi connectivity index (χ0n) is 10.7. The van der Waals surface area contributed by atoms with Crippen LogP contribution in [0.1, 0.15) is 29.6 Å². The fourth-order valence-corrected chi connectivity index (χ4v) is 2.88. The number of carboxylic acids is 1. The molecule has 2 N–H and O–H groups in total. The van der Waals surface area contributed by atoms with Crippen LogP contribution in [0, 0.1) is 17.7 Å². The van der Waals surface area contributed by atoms with Gasteiger partial charge in [0.2, 0.25) is 0 Å². The number of rotatable bonds is 4. The lowest BCUT2D eigenvalue weighted by Crippen LogP contribution is -2.33. The van der Waals surface area contributed by atoms with Gasteiger partial charge in [0.15, 0.2) is 0 Å². The standard InChI is InChI=1S/C14H15ClFNO3/c15-10-5-2-6-11(16)12(10)13(18)17-7-8-3-1-4-9(8)14(19)20/h2,5-6,8-9H,1,3-4,7H2,(H,17,18)(H,19,20). The average Bonchev–Trinajstić information content (AvgIpc) is 2.84. The van der Waals surface area contributed by atoms with Crippen molar-refractivity contribution in [3.63, 3.8) is 0 Å². The van der Waals surface area contributed by atoms with E-state index in [1.54, 1.807) is 0 Å². The summed E-state index contributed by atoms with van der Waals surface area (Å²) in [7, 11) is 0. The molecule has 2 unspecified atom stereocenters. The minimum absolute atomic E-state index is 0.0451. The van der Waals surface area contributed by atoms with E-state index in [0.29, 0.717) is 6.42 Å². The van der Waals surface area contributed by atoms with Gasteiger partial charge < -0.3 is 10.4 Å². The van der Waals surface area contributed by atoms with E-state index in [0.717, 1.165) is 18.9 Å². The molecule has 108 valence electrons. The molecule has 1 aliphatic rings. The van der Waals surface area contributed by atoms with Gasteiger partial charge in [0.1, 0.15) is 5.82 Å². The normalized spacial score (nSPS) is 21.7. The molecule has 1 aromatic rings. The van der Waals surface area contributed by atoms with Crippen molar-refractivity contribution >= 4 is 23.5 Å². The molecule has 4 nitrogen and oxygen atoms in total. The molecule has 6 heteroatoms. The van der Waals surface area contributed by atoms with E-state index in [4.69, 9.17) is 16.7 Å². The van der Waals surface area contributed by atoms with E-state index in [1.165, 1.54) is 12.1 Å². The van der Waals surface area contributed by atoms with Crippen LogP contribution in [0.15, 0.2) is 18.2 Å². The Labute approximate surface area is 120 Å². The number of carbonyl (C=O) groups is 2. The monoisotopic (exact) mass is 299 g/mol. The molecule has 0 saturated heterocycles. The van der Waals surface area contributed by atoms with Crippen LogP contribution in [-0.2, 0) is 4.79 Å². The topological polar surface area (TPSA) is 66.4 Å². The fourth-order valence-electron chi connectivity index (χ4n) is 2.63. The van der Waals surface area contributed by atoms with Crippen molar-refractivity contribution in [3.05, 3.63) is 34.6 Å². The molecular formula is C14H15ClFNO3. The molecule has 2 rings (SSSR count). The summed E-state index contributed by atoms with van der Waals surface area (Å²) in [5.74, 6) is -2.68. The van der Waals surface area contributed by atoms with Gasteiger partial charge in [-0.05, 0) is 30.9 Å². The van der Waals surface area contributed by atoms with Gasteiger partial charge >= 0.3 is 5.97 Å². The minimum Gasteiger partial charge on any atom is -0.481 e. The Kier molecular flexibility index (Phi) is 4.60. The Morgan fingerprint density at radius 3 is 2.80 bits per heavy atom. The maximum absolute atomic E-state index is 13.6. The first-order chi connectivity index (χ1) is 9.50. The largest absolute Gasteiger partial charge is 0.481 e. The van der Waals surface area contributed by atoms with Gasteiger partial charge in [0.05, 0.1) is 16.5 Å². The lowest BCUT2D eigenvalue weighted by Gasteiger charge is -2.16. The highest BCUT2D eigenvalue weighted by Gasteiger charge is 2.33. The van der Waals surface area contributed by atoms with Crippen molar-refractivity contribution in [1.82, 2.24) is 5.32 Å². The maximum atomic E-state index is 13.6. The number of hydrogen-bond donors (Lipinski definition) is 2. The fraction of sp³-hybridized carbons (Fsp3) is 0.429. The van der Waals surface area contributed by atoms with Gasteiger partial charge in [-0.3, -0.25) is 9.59 Å². The highest BCUT2D eigenvalue weighted by atomic mass is 35.5. The van der Waals surface area contributed by atoms with E-state index < -0.39 is 23.6 Å². The molecule has 0 aromatic heterocycles. The molecule has 2 atom stereocenters. The van der Waals surface area contributed by atoms with Crippen LogP contribution >= 0.6 is 11.6 Å². The molecule has 1 aliphatic carbocycles. The maximum Gasteiger partial charge on any atom is 0.306 e. The molecule has 0 heterocycles. The van der Waals surface area contributed by atoms with Crippen molar-refractivity contribution < 1.29 is 19.1 Å². The van der Waals surface area contributed by atoms with Gasteiger partial charge in [-0.15, -0.1) is 0 Å². The van der Waals surface area contributed by atoms with E-state index in [9.17, 15) is 14.0 Å². The molecule has 20 heavy (non-hydrogen) atoms. The molecular weight excluding hydrogens is 285 g/mol. The second kappa shape index (κ2) is 6.22. The minimum atomic E-state index is -0.842. The lowest BCUT2D eigenvalue weighted by molar-refractivity contribution is -0.142. The molecule has 0 spiro atoms. The summed E-state index contributed by atoms with van der Waals surface area (Å²) in [6.45, 7) is 0.223. The van der Waals surface area contributed by atoms with Crippen molar-refractivity contribution in [2.75, 3.05) is 6.54 Å². The number of carboxylic acid groups (broad SMARTS) is 1. The molecule has 1 aromatic carbocycles. The van der Waals surface area contributed by atoms with Crippen LogP contribution in [0.25, 0.3) is 0 Å². The number of benzene rings is 1. The second-order valence-electron chi connectivity index (χ2n) is 4.94. The Hall–Kier alpha value is -1.62. The Morgan fingerprint density at radius 2 is 2.15 bits per heavy atom. The van der Waals surface area contributed by atoms with Gasteiger partial charge in [-0.2, -0.15) is 0 Å². The number of hydrogen-bond acceptors (Lipinski definition) is 2. The summed E-state index contributed by atoms with van der Waals surface area (Å²) >= 11 is 5.80. The molecule has 1 saturated carbocycles. The van der Waals surface area contributed by atoms with Crippen molar-refractivity contribution in [2.45, 2.75) is 19.3 Å². The van der Waals surface area contributed by atoms with E-state index in [2.05, 4.69) is 5.32 Å². The highest BCUT2D eigenvalue weighted by Crippen LogP contribution is 2.31. The number of halogens is 2. The van der Waals surface area contributed by atoms with Crippen LogP contribution < -0.4 is 5.32 Å². The first-order valence-electron chi connectivity index (χ1n) is 6.45. The Morgan fingerprint density at radius 1 is 1.40 bits per heavy atom. The summed E-state index contributed by atoms with van der Waals surface area (Å²) in [6, 6.07) is 4.03. The van der Waals surface area contributed by atoms with Crippen LogP contribution in [0.3, 0.4) is 0 Å². The third kappa shape index (κ3) is 3.10. The summed E-state index contributed by atoms with van der Waals surface area (Å²) in [5.41, 5.74) is -0.195. The second-order valence-corrected chi connectivity index (χ2v) is 5.35. The number of carbonyl (C=O) groups excluding carboxylic acids is 1. The van der Waals surface area contributed by atoms with E-state index in [-0.39, 0.29) is 23.0 Å². The van der Waals surface area contributed by atoms with Crippen LogP contribution in [0.5, 0.6) is 0 Å². The quantitative estimate of drug-likeness (QED) is 0.898. The Bertz CT molecular complexity index is 515. The molecule has 1 fully saturated rings. The third-order valence-corrected chi connectivity index (χ3v) is 4.01. The molecule has 0 radical (unpaired) electrons. The summed E-state index contributed by atoms with van der Waals surface area (Å²) in [4.78, 5) is 23.0. The summed E-state index contributed by atoms with van der Waals surface area (Å²) < 4.78 is 13.6. The molecule has 0 aliphatic heterocycles. The summed E-state index contributed by atoms with van der Waals surface area (Å²) in [6.07, 6.45) is 2.20. The van der Waals surface area contributed by atoms with Gasteiger partial charge in [0.25, 0.3) is 5.91 Å². The zero-order valence-corrected chi connectivity index (χ0v) is 11.5. The smallest absolute Gasteiger partial charge is 0.306 e. The third-order valence-electron chi connectivity index (χ3n) is 3.69.